The number of nitrogens with zero attached hydrogens (tertiary/aromatic N) is 4. The number of piperidine rings is 1. The van der Waals surface area contributed by atoms with E-state index >= 15 is 0 Å². The molecular weight excluding hydrogens is 334 g/mol. The molecule has 1 aromatic rings. The second kappa shape index (κ2) is 7.59. The average Bonchev–Trinajstić information content (AvgIpc) is 2.60. The molecule has 1 aliphatic heterocycles. The number of nitrogens with two attached hydrogens (primary N) is 1. The molecule has 1 fully saturated rings. The van der Waals surface area contributed by atoms with E-state index < -0.39 is 5.41 Å². The third kappa shape index (κ3) is 3.87. The molecule has 0 spiro atoms. The van der Waals surface area contributed by atoms with E-state index in [1.54, 1.807) is 25.8 Å². The minimum absolute atomic E-state index is 0.0298. The van der Waals surface area contributed by atoms with E-state index in [9.17, 15) is 15.3 Å². The van der Waals surface area contributed by atoms with Crippen molar-refractivity contribution in [3.8, 4) is 18.0 Å². The number of nitriles is 2. The number of hydroxylamine groups is 2. The Morgan fingerprint density at radius 2 is 1.96 bits per heavy atom. The van der Waals surface area contributed by atoms with E-state index in [1.807, 2.05) is 6.07 Å². The van der Waals surface area contributed by atoms with Gasteiger partial charge in [0.15, 0.2) is 0 Å². The molecule has 0 bridgehead atoms. The first kappa shape index (κ1) is 19.5. The Labute approximate surface area is 153 Å². The molecule has 2 N–H and O–H groups in total. The van der Waals surface area contributed by atoms with Crippen LogP contribution in [-0.4, -0.2) is 36.2 Å². The second-order valence-electron chi connectivity index (χ2n) is 7.25. The Balaban J connectivity index is 2.39. The van der Waals surface area contributed by atoms with Crippen molar-refractivity contribution in [2.24, 2.45) is 5.41 Å². The molecule has 1 aliphatic rings. The van der Waals surface area contributed by atoms with Gasteiger partial charge in [-0.05, 0) is 33.6 Å². The number of hydrogen-bond donors (Lipinski definition) is 1. The maximum atomic E-state index is 12.2. The highest BCUT2D eigenvalue weighted by atomic mass is 16.7. The molecule has 2 heterocycles. The molecule has 2 rings (SSSR count). The maximum Gasteiger partial charge on any atom is 0.330 e. The van der Waals surface area contributed by atoms with E-state index in [-0.39, 0.29) is 34.7 Å². The summed E-state index contributed by atoms with van der Waals surface area (Å²) in [7, 11) is 1.40. The van der Waals surface area contributed by atoms with Crippen molar-refractivity contribution in [3.05, 3.63) is 16.7 Å². The molecule has 1 aromatic heterocycles. The van der Waals surface area contributed by atoms with E-state index in [1.165, 1.54) is 7.11 Å². The van der Waals surface area contributed by atoms with Gasteiger partial charge >= 0.3 is 5.97 Å². The summed E-state index contributed by atoms with van der Waals surface area (Å²) in [6.07, 6.45) is 1.49. The molecule has 8 heteroatoms. The third-order valence-electron chi connectivity index (χ3n) is 4.26. The highest BCUT2D eigenvalue weighted by Gasteiger charge is 2.33. The van der Waals surface area contributed by atoms with Crippen molar-refractivity contribution in [3.63, 3.8) is 0 Å². The number of ether oxygens (including phenoxy) is 1. The molecule has 0 radical (unpaired) electrons. The Kier molecular flexibility index (Phi) is 5.69. The molecule has 8 nitrogen and oxygen atoms in total. The lowest BCUT2D eigenvalue weighted by atomic mass is 9.86. The Bertz CT molecular complexity index is 786. The van der Waals surface area contributed by atoms with Gasteiger partial charge in [0, 0.05) is 24.6 Å². The van der Waals surface area contributed by atoms with E-state index in [0.717, 1.165) is 12.8 Å². The third-order valence-corrected chi connectivity index (χ3v) is 4.26. The van der Waals surface area contributed by atoms with Crippen molar-refractivity contribution in [1.82, 2.24) is 10.0 Å². The molecule has 0 saturated carbocycles. The first-order valence-electron chi connectivity index (χ1n) is 8.37. The molecule has 0 aliphatic carbocycles. The van der Waals surface area contributed by atoms with Crippen molar-refractivity contribution in [1.29, 1.82) is 10.5 Å². The molecule has 0 amide bonds. The number of pyridine rings is 1. The Morgan fingerprint density at radius 1 is 1.31 bits per heavy atom. The summed E-state index contributed by atoms with van der Waals surface area (Å²) in [5, 5.41) is 20.7. The molecule has 26 heavy (non-hydrogen) atoms. The van der Waals surface area contributed by atoms with Gasteiger partial charge in [0.05, 0.1) is 18.1 Å². The smallest absolute Gasteiger partial charge is 0.330 e. The van der Waals surface area contributed by atoms with E-state index in [0.29, 0.717) is 18.7 Å². The number of hydrogen-bond acceptors (Lipinski definition) is 8. The summed E-state index contributed by atoms with van der Waals surface area (Å²) in [5.41, 5.74) is 6.16. The molecule has 138 valence electrons. The SMILES string of the molecule is COc1nc(N)c(C#N)c(C2CCCN(OC(=O)C(C)(C)C)C2)c1C#N. The van der Waals surface area contributed by atoms with E-state index in [2.05, 4.69) is 11.1 Å². The lowest BCUT2D eigenvalue weighted by Gasteiger charge is -2.33. The van der Waals surface area contributed by atoms with Crippen molar-refractivity contribution < 1.29 is 14.4 Å². The van der Waals surface area contributed by atoms with Crippen LogP contribution in [0.15, 0.2) is 0 Å². The maximum absolute atomic E-state index is 12.2. The summed E-state index contributed by atoms with van der Waals surface area (Å²) in [5.74, 6) is -0.393. The Morgan fingerprint density at radius 3 is 2.50 bits per heavy atom. The fraction of sp³-hybridized carbons (Fsp3) is 0.556. The summed E-state index contributed by atoms with van der Waals surface area (Å²) in [4.78, 5) is 21.6. The van der Waals surface area contributed by atoms with Crippen LogP contribution in [-0.2, 0) is 9.63 Å². The van der Waals surface area contributed by atoms with Crippen molar-refractivity contribution in [2.45, 2.75) is 39.5 Å². The molecule has 0 aromatic carbocycles. The van der Waals surface area contributed by atoms with Gasteiger partial charge in [-0.25, -0.2) is 4.79 Å². The summed E-state index contributed by atoms with van der Waals surface area (Å²) in [6, 6.07) is 4.12. The zero-order chi connectivity index (χ0) is 19.5. The van der Waals surface area contributed by atoms with Crippen molar-refractivity contribution >= 4 is 11.8 Å². The largest absolute Gasteiger partial charge is 0.480 e. The minimum Gasteiger partial charge on any atom is -0.480 e. The van der Waals surface area contributed by atoms with Gasteiger partial charge in [0.25, 0.3) is 0 Å². The zero-order valence-electron chi connectivity index (χ0n) is 15.5. The topological polar surface area (TPSA) is 125 Å². The summed E-state index contributed by atoms with van der Waals surface area (Å²) < 4.78 is 5.16. The monoisotopic (exact) mass is 357 g/mol. The van der Waals surface area contributed by atoms with Crippen LogP contribution >= 0.6 is 0 Å². The quantitative estimate of drug-likeness (QED) is 0.871. The lowest BCUT2D eigenvalue weighted by Crippen LogP contribution is -2.39. The zero-order valence-corrected chi connectivity index (χ0v) is 15.5. The van der Waals surface area contributed by atoms with Crippen LogP contribution in [0, 0.1) is 28.1 Å². The van der Waals surface area contributed by atoms with Crippen LogP contribution in [0.5, 0.6) is 5.88 Å². The summed E-state index contributed by atoms with van der Waals surface area (Å²) in [6.45, 7) is 6.32. The average molecular weight is 357 g/mol. The first-order valence-corrected chi connectivity index (χ1v) is 8.37. The molecule has 1 saturated heterocycles. The fourth-order valence-corrected chi connectivity index (χ4v) is 2.90. The molecule has 1 atom stereocenters. The first-order chi connectivity index (χ1) is 12.2. The van der Waals surface area contributed by atoms with Gasteiger partial charge in [0.1, 0.15) is 23.5 Å². The van der Waals surface area contributed by atoms with Gasteiger partial charge in [0.2, 0.25) is 5.88 Å². The fourth-order valence-electron chi connectivity index (χ4n) is 2.90. The van der Waals surface area contributed by atoms with E-state index in [4.69, 9.17) is 15.3 Å². The predicted octanol–water partition coefficient (Wildman–Crippen LogP) is 2.10. The van der Waals surface area contributed by atoms with Crippen LogP contribution in [0.1, 0.15) is 56.2 Å². The minimum atomic E-state index is -0.618. The number of nitrogen functional groups attached to an aromatic ring is 1. The van der Waals surface area contributed by atoms with Crippen LogP contribution < -0.4 is 10.5 Å². The highest BCUT2D eigenvalue weighted by Crippen LogP contribution is 2.37. The number of methoxy groups -OCH3 is 1. The highest BCUT2D eigenvalue weighted by molar-refractivity contribution is 5.75. The number of anilines is 1. The van der Waals surface area contributed by atoms with Crippen LogP contribution in [0.25, 0.3) is 0 Å². The standard InChI is InChI=1S/C18H23N5O3/c1-18(2,3)17(24)26-23-7-5-6-11(10-23)14-12(8-19)15(21)22-16(25-4)13(14)9-20/h11H,5-7,10H2,1-4H3,(H2,21,22). The Hall–Kier alpha value is -2.84. The number of aromatic nitrogens is 1. The van der Waals surface area contributed by atoms with Crippen LogP contribution in [0.2, 0.25) is 0 Å². The van der Waals surface area contributed by atoms with Crippen LogP contribution in [0.3, 0.4) is 0 Å². The lowest BCUT2D eigenvalue weighted by molar-refractivity contribution is -0.205. The van der Waals surface area contributed by atoms with Gasteiger partial charge in [-0.15, -0.1) is 5.06 Å². The number of carbonyl (C=O) groups is 1. The van der Waals surface area contributed by atoms with Crippen LogP contribution in [0.4, 0.5) is 5.82 Å². The second-order valence-corrected chi connectivity index (χ2v) is 7.25. The van der Waals surface area contributed by atoms with Gasteiger partial charge in [-0.2, -0.15) is 15.5 Å². The molecular formula is C18H23N5O3. The van der Waals surface area contributed by atoms with Crippen molar-refractivity contribution in [2.75, 3.05) is 25.9 Å². The number of rotatable bonds is 3. The summed E-state index contributed by atoms with van der Waals surface area (Å²) >= 11 is 0. The van der Waals surface area contributed by atoms with Gasteiger partial charge < -0.3 is 15.3 Å². The van der Waals surface area contributed by atoms with Gasteiger partial charge in [-0.1, -0.05) is 0 Å². The normalized spacial score (nSPS) is 17.8. The number of carbonyl (C=O) groups excluding carboxylic acids is 1. The molecule has 1 unspecified atom stereocenters. The van der Waals surface area contributed by atoms with Gasteiger partial charge in [-0.3, -0.25) is 0 Å². The predicted molar refractivity (Wildman–Crippen MR) is 93.7 cm³/mol.